The number of hydrogen-bond donors (Lipinski definition) is 0. The molecule has 0 saturated heterocycles. The van der Waals surface area contributed by atoms with Crippen molar-refractivity contribution in [3.05, 3.63) is 63.8 Å². The molecule has 0 radical (unpaired) electrons. The molecule has 0 aliphatic heterocycles. The average molecular weight is 325 g/mol. The van der Waals surface area contributed by atoms with Crippen LogP contribution >= 0.6 is 0 Å². The largest absolute Gasteiger partial charge is 0.328 e. The summed E-state index contributed by atoms with van der Waals surface area (Å²) in [4.78, 5) is 31.4. The molecule has 0 bridgehead atoms. The van der Waals surface area contributed by atoms with Crippen LogP contribution in [0.25, 0.3) is 0 Å². The van der Waals surface area contributed by atoms with E-state index in [-0.39, 0.29) is 23.6 Å². The zero-order valence-corrected chi connectivity index (χ0v) is 14.4. The first-order chi connectivity index (χ1) is 11.5. The summed E-state index contributed by atoms with van der Waals surface area (Å²) in [6.07, 6.45) is 6.38. The number of hydrogen-bond acceptors (Lipinski definition) is 3. The van der Waals surface area contributed by atoms with Crippen molar-refractivity contribution in [2.24, 2.45) is 7.05 Å². The number of aryl methyl sites for hydroxylation is 2. The van der Waals surface area contributed by atoms with Gasteiger partial charge in [-0.05, 0) is 50.8 Å². The summed E-state index contributed by atoms with van der Waals surface area (Å²) in [5, 5.41) is 0. The predicted molar refractivity (Wildman–Crippen MR) is 92.9 cm³/mol. The molecule has 1 atom stereocenters. The fourth-order valence-corrected chi connectivity index (χ4v) is 3.42. The van der Waals surface area contributed by atoms with Crippen molar-refractivity contribution in [1.82, 2.24) is 14.5 Å². The van der Waals surface area contributed by atoms with Crippen molar-refractivity contribution in [2.75, 3.05) is 0 Å². The third-order valence-corrected chi connectivity index (χ3v) is 4.64. The number of amides is 1. The van der Waals surface area contributed by atoms with Crippen molar-refractivity contribution in [3.8, 4) is 0 Å². The van der Waals surface area contributed by atoms with Crippen LogP contribution in [0.5, 0.6) is 0 Å². The summed E-state index contributed by atoms with van der Waals surface area (Å²) in [5.74, 6) is -0.105. The molecule has 0 N–H and O–H groups in total. The van der Waals surface area contributed by atoms with Crippen LogP contribution in [0, 0.1) is 0 Å². The van der Waals surface area contributed by atoms with Gasteiger partial charge in [-0.2, -0.15) is 0 Å². The van der Waals surface area contributed by atoms with Gasteiger partial charge in [-0.3, -0.25) is 14.6 Å². The van der Waals surface area contributed by atoms with Crippen molar-refractivity contribution >= 4 is 5.91 Å². The van der Waals surface area contributed by atoms with E-state index in [4.69, 9.17) is 0 Å². The third-order valence-electron chi connectivity index (χ3n) is 4.64. The number of fused-ring (bicyclic) bond motifs is 1. The van der Waals surface area contributed by atoms with Crippen LogP contribution in [0.15, 0.2) is 41.5 Å². The monoisotopic (exact) mass is 325 g/mol. The minimum Gasteiger partial charge on any atom is -0.328 e. The lowest BCUT2D eigenvalue weighted by molar-refractivity contribution is 0.0576. The first kappa shape index (κ1) is 16.4. The zero-order valence-electron chi connectivity index (χ0n) is 14.4. The Morgan fingerprint density at radius 2 is 2.17 bits per heavy atom. The Balaban J connectivity index is 2.00. The number of nitrogens with zero attached hydrogens (tertiary/aromatic N) is 3. The van der Waals surface area contributed by atoms with Crippen LogP contribution in [0.3, 0.4) is 0 Å². The Bertz CT molecular complexity index is 810. The van der Waals surface area contributed by atoms with E-state index >= 15 is 0 Å². The maximum absolute atomic E-state index is 13.1. The fraction of sp³-hybridized carbons (Fsp3) is 0.421. The molecule has 5 heteroatoms. The Kier molecular flexibility index (Phi) is 4.51. The first-order valence-corrected chi connectivity index (χ1v) is 8.42. The van der Waals surface area contributed by atoms with Gasteiger partial charge in [0.1, 0.15) is 0 Å². The zero-order chi connectivity index (χ0) is 17.3. The number of rotatable bonds is 3. The summed E-state index contributed by atoms with van der Waals surface area (Å²) in [5.41, 5.74) is 2.48. The lowest BCUT2D eigenvalue weighted by Gasteiger charge is -2.37. The summed E-state index contributed by atoms with van der Waals surface area (Å²) in [7, 11) is 1.68. The highest BCUT2D eigenvalue weighted by Crippen LogP contribution is 2.34. The molecule has 1 aliphatic rings. The SMILES string of the molecule is CC(C)N(C(=O)c1ccn(C)c(=O)c1)C1CCCc2cccnc21. The molecule has 1 amide bonds. The maximum Gasteiger partial charge on any atom is 0.254 e. The average Bonchev–Trinajstić information content (AvgIpc) is 2.57. The van der Waals surface area contributed by atoms with E-state index in [1.54, 1.807) is 25.5 Å². The van der Waals surface area contributed by atoms with E-state index in [9.17, 15) is 9.59 Å². The van der Waals surface area contributed by atoms with E-state index in [1.165, 1.54) is 16.2 Å². The molecule has 2 aromatic rings. The van der Waals surface area contributed by atoms with Gasteiger partial charge in [-0.15, -0.1) is 0 Å². The normalized spacial score (nSPS) is 16.8. The second kappa shape index (κ2) is 6.59. The van der Waals surface area contributed by atoms with Gasteiger partial charge >= 0.3 is 0 Å². The van der Waals surface area contributed by atoms with Gasteiger partial charge in [-0.1, -0.05) is 6.07 Å². The lowest BCUT2D eigenvalue weighted by Crippen LogP contribution is -2.42. The van der Waals surface area contributed by atoms with Crippen LogP contribution < -0.4 is 5.56 Å². The molecule has 3 rings (SSSR count). The Morgan fingerprint density at radius 3 is 2.88 bits per heavy atom. The highest BCUT2D eigenvalue weighted by Gasteiger charge is 2.32. The summed E-state index contributed by atoms with van der Waals surface area (Å²) < 4.78 is 1.47. The van der Waals surface area contributed by atoms with Gasteiger partial charge in [-0.25, -0.2) is 0 Å². The van der Waals surface area contributed by atoms with Crippen LogP contribution in [-0.4, -0.2) is 26.4 Å². The number of carbonyl (C=O) groups excluding carboxylic acids is 1. The minimum absolute atomic E-state index is 0.0273. The van der Waals surface area contributed by atoms with Gasteiger partial charge < -0.3 is 9.47 Å². The van der Waals surface area contributed by atoms with Gasteiger partial charge in [0, 0.05) is 37.1 Å². The molecule has 1 aliphatic carbocycles. The molecule has 0 spiro atoms. The molecular weight excluding hydrogens is 302 g/mol. The Hall–Kier alpha value is -2.43. The highest BCUT2D eigenvalue weighted by molar-refractivity contribution is 5.94. The maximum atomic E-state index is 13.1. The number of carbonyl (C=O) groups is 1. The van der Waals surface area contributed by atoms with Crippen LogP contribution in [0.1, 0.15) is 54.3 Å². The minimum atomic E-state index is -0.174. The lowest BCUT2D eigenvalue weighted by atomic mass is 9.90. The number of pyridine rings is 2. The third kappa shape index (κ3) is 2.98. The Morgan fingerprint density at radius 1 is 1.38 bits per heavy atom. The van der Waals surface area contributed by atoms with Crippen molar-refractivity contribution in [2.45, 2.75) is 45.2 Å². The van der Waals surface area contributed by atoms with Gasteiger partial charge in [0.05, 0.1) is 11.7 Å². The second-order valence-electron chi connectivity index (χ2n) is 6.63. The molecule has 2 aromatic heterocycles. The van der Waals surface area contributed by atoms with E-state index in [2.05, 4.69) is 11.1 Å². The van der Waals surface area contributed by atoms with E-state index < -0.39 is 0 Å². The van der Waals surface area contributed by atoms with Crippen molar-refractivity contribution in [3.63, 3.8) is 0 Å². The predicted octanol–water partition coefficient (Wildman–Crippen LogP) is 2.71. The summed E-state index contributed by atoms with van der Waals surface area (Å²) >= 11 is 0. The van der Waals surface area contributed by atoms with E-state index in [0.717, 1.165) is 25.0 Å². The molecular formula is C19H23N3O2. The molecule has 24 heavy (non-hydrogen) atoms. The van der Waals surface area contributed by atoms with Gasteiger partial charge in [0.15, 0.2) is 0 Å². The Labute approximate surface area is 141 Å². The first-order valence-electron chi connectivity index (χ1n) is 8.42. The molecule has 1 unspecified atom stereocenters. The van der Waals surface area contributed by atoms with Gasteiger partial charge in [0.25, 0.3) is 11.5 Å². The molecule has 0 fully saturated rings. The molecule has 0 aromatic carbocycles. The summed E-state index contributed by atoms with van der Waals surface area (Å²) in [6.45, 7) is 4.02. The topological polar surface area (TPSA) is 55.2 Å². The molecule has 126 valence electrons. The number of aromatic nitrogens is 2. The molecule has 0 saturated carbocycles. The highest BCUT2D eigenvalue weighted by atomic mass is 16.2. The van der Waals surface area contributed by atoms with E-state index in [1.807, 2.05) is 24.8 Å². The smallest absolute Gasteiger partial charge is 0.254 e. The quantitative estimate of drug-likeness (QED) is 0.872. The van der Waals surface area contributed by atoms with Crippen LogP contribution in [0.2, 0.25) is 0 Å². The van der Waals surface area contributed by atoms with Gasteiger partial charge in [0.2, 0.25) is 0 Å². The van der Waals surface area contributed by atoms with Crippen molar-refractivity contribution < 1.29 is 4.79 Å². The van der Waals surface area contributed by atoms with E-state index in [0.29, 0.717) is 5.56 Å². The van der Waals surface area contributed by atoms with Crippen LogP contribution in [-0.2, 0) is 13.5 Å². The summed E-state index contributed by atoms with van der Waals surface area (Å²) in [6, 6.07) is 7.16. The second-order valence-corrected chi connectivity index (χ2v) is 6.63. The molecule has 5 nitrogen and oxygen atoms in total. The standard InChI is InChI=1S/C19H23N3O2/c1-13(2)22(19(24)15-9-11-21(3)17(23)12-15)16-8-4-6-14-7-5-10-20-18(14)16/h5,7,9-13,16H,4,6,8H2,1-3H3. The molecule has 2 heterocycles. The fourth-order valence-electron chi connectivity index (χ4n) is 3.42. The van der Waals surface area contributed by atoms with Crippen LogP contribution in [0.4, 0.5) is 0 Å². The van der Waals surface area contributed by atoms with Crippen molar-refractivity contribution in [1.29, 1.82) is 0 Å².